The summed E-state index contributed by atoms with van der Waals surface area (Å²) in [4.78, 5) is 8.20. The summed E-state index contributed by atoms with van der Waals surface area (Å²) in [7, 11) is 0. The molecule has 0 bridgehead atoms. The Bertz CT molecular complexity index is 1050. The Balaban J connectivity index is 1.58. The van der Waals surface area contributed by atoms with Gasteiger partial charge >= 0.3 is 6.18 Å². The van der Waals surface area contributed by atoms with E-state index >= 15 is 0 Å². The lowest BCUT2D eigenvalue weighted by molar-refractivity contribution is -0.137. The highest BCUT2D eigenvalue weighted by atomic mass is 19.4. The van der Waals surface area contributed by atoms with Gasteiger partial charge < -0.3 is 0 Å². The maximum absolute atomic E-state index is 13.1. The highest BCUT2D eigenvalue weighted by Gasteiger charge is 2.30. The number of hydrogen-bond acceptors (Lipinski definition) is 2. The van der Waals surface area contributed by atoms with E-state index in [1.54, 1.807) is 6.07 Å². The zero-order chi connectivity index (χ0) is 22.0. The van der Waals surface area contributed by atoms with E-state index in [1.807, 2.05) is 18.2 Å². The van der Waals surface area contributed by atoms with Gasteiger partial charge in [0.2, 0.25) is 0 Å². The first-order valence-corrected chi connectivity index (χ1v) is 9.86. The first-order chi connectivity index (χ1) is 14.8. The van der Waals surface area contributed by atoms with Crippen LogP contribution in [0.3, 0.4) is 0 Å². The van der Waals surface area contributed by atoms with E-state index in [9.17, 15) is 13.2 Å². The highest BCUT2D eigenvalue weighted by molar-refractivity contribution is 5.33. The quantitative estimate of drug-likeness (QED) is 0.499. The molecule has 2 nitrogen and oxygen atoms in total. The summed E-state index contributed by atoms with van der Waals surface area (Å²) in [5.41, 5.74) is 2.24. The molecule has 1 aliphatic carbocycles. The molecule has 29 heavy (non-hydrogen) atoms. The average Bonchev–Trinajstić information content (AvgIpc) is 2.76. The zero-order valence-corrected chi connectivity index (χ0v) is 15.9. The number of benzene rings is 2. The van der Waals surface area contributed by atoms with Gasteiger partial charge in [0.25, 0.3) is 0 Å². The minimum atomic E-state index is -4.42. The van der Waals surface area contributed by atoms with Crippen LogP contribution < -0.4 is 0 Å². The molecule has 0 spiro atoms. The van der Waals surface area contributed by atoms with Gasteiger partial charge in [-0.25, -0.2) is 9.97 Å². The average molecular weight is 398 g/mol. The van der Waals surface area contributed by atoms with Crippen LogP contribution in [0.25, 0.3) is 0 Å². The SMILES string of the molecule is [2H]c1nc([2H])c(Cc2cccc(C(F)(F)F)c2)c(C2CCC(c3ccccc3)CC2)n1. The summed E-state index contributed by atoms with van der Waals surface area (Å²) in [5, 5.41) is 0. The predicted molar refractivity (Wildman–Crippen MR) is 107 cm³/mol. The molecule has 1 fully saturated rings. The van der Waals surface area contributed by atoms with Gasteiger partial charge in [0.1, 0.15) is 7.67 Å². The Hall–Kier alpha value is -2.69. The molecule has 0 radical (unpaired) electrons. The maximum atomic E-state index is 13.1. The van der Waals surface area contributed by atoms with Crippen LogP contribution in [-0.4, -0.2) is 9.97 Å². The molecule has 2 aromatic carbocycles. The lowest BCUT2D eigenvalue weighted by Gasteiger charge is -2.29. The monoisotopic (exact) mass is 398 g/mol. The van der Waals surface area contributed by atoms with Crippen LogP contribution in [0.1, 0.15) is 68.2 Å². The third-order valence-electron chi connectivity index (χ3n) is 5.74. The van der Waals surface area contributed by atoms with Gasteiger partial charge in [-0.2, -0.15) is 13.2 Å². The molecule has 4 rings (SSSR count). The van der Waals surface area contributed by atoms with Crippen LogP contribution in [0, 0.1) is 0 Å². The Morgan fingerprint density at radius 2 is 1.66 bits per heavy atom. The van der Waals surface area contributed by atoms with Gasteiger partial charge in [-0.1, -0.05) is 48.5 Å². The molecule has 5 heteroatoms. The number of rotatable bonds is 4. The number of aromatic nitrogens is 2. The fourth-order valence-corrected chi connectivity index (χ4v) is 4.25. The second kappa shape index (κ2) is 8.36. The maximum Gasteiger partial charge on any atom is 0.416 e. The standard InChI is InChI=1S/C24H23F3N2/c25-24(26,27)22-8-4-5-17(14-22)13-21-15-28-16-29-23(21)20-11-9-19(10-12-20)18-6-2-1-3-7-18/h1-8,14-16,19-20H,9-13H2/i15D,16D. The normalized spacial score (nSPS) is 20.8. The van der Waals surface area contributed by atoms with Crippen molar-refractivity contribution >= 4 is 0 Å². The van der Waals surface area contributed by atoms with Crippen LogP contribution in [0.15, 0.2) is 67.1 Å². The first kappa shape index (κ1) is 17.2. The second-order valence-corrected chi connectivity index (χ2v) is 7.63. The Morgan fingerprint density at radius 3 is 2.38 bits per heavy atom. The molecule has 1 aromatic heterocycles. The van der Waals surface area contributed by atoms with Crippen LogP contribution >= 0.6 is 0 Å². The summed E-state index contributed by atoms with van der Waals surface area (Å²) in [6.45, 7) is 0. The van der Waals surface area contributed by atoms with Crippen molar-refractivity contribution in [2.45, 2.75) is 50.1 Å². The topological polar surface area (TPSA) is 25.8 Å². The van der Waals surface area contributed by atoms with E-state index in [0.717, 1.165) is 37.8 Å². The fourth-order valence-electron chi connectivity index (χ4n) is 4.25. The number of alkyl halides is 3. The molecule has 0 unspecified atom stereocenters. The van der Waals surface area contributed by atoms with Crippen molar-refractivity contribution < 1.29 is 15.9 Å². The molecule has 1 saturated carbocycles. The van der Waals surface area contributed by atoms with E-state index in [1.165, 1.54) is 11.6 Å². The number of halogens is 3. The zero-order valence-electron chi connectivity index (χ0n) is 17.9. The fraction of sp³-hybridized carbons (Fsp3) is 0.333. The summed E-state index contributed by atoms with van der Waals surface area (Å²) >= 11 is 0. The van der Waals surface area contributed by atoms with Crippen LogP contribution in [0.4, 0.5) is 13.2 Å². The summed E-state index contributed by atoms with van der Waals surface area (Å²) in [6.07, 6.45) is -0.867. The Kier molecular flexibility index (Phi) is 4.95. The highest BCUT2D eigenvalue weighted by Crippen LogP contribution is 2.41. The molecule has 0 amide bonds. The van der Waals surface area contributed by atoms with E-state index < -0.39 is 11.7 Å². The van der Waals surface area contributed by atoms with Gasteiger partial charge in [0.15, 0.2) is 0 Å². The minimum Gasteiger partial charge on any atom is -0.245 e. The third kappa shape index (κ3) is 4.66. The van der Waals surface area contributed by atoms with Gasteiger partial charge in [0.05, 0.1) is 12.6 Å². The lowest BCUT2D eigenvalue weighted by Crippen LogP contribution is -2.15. The van der Waals surface area contributed by atoms with Crippen molar-refractivity contribution in [3.05, 3.63) is 95.0 Å². The van der Waals surface area contributed by atoms with Crippen molar-refractivity contribution in [2.75, 3.05) is 0 Å². The van der Waals surface area contributed by atoms with Gasteiger partial charge in [-0.05, 0) is 54.4 Å². The molecule has 3 aromatic rings. The molecule has 0 N–H and O–H groups in total. The van der Waals surface area contributed by atoms with Crippen molar-refractivity contribution in [3.8, 4) is 0 Å². The van der Waals surface area contributed by atoms with Gasteiger partial charge in [-0.3, -0.25) is 0 Å². The number of nitrogens with zero attached hydrogens (tertiary/aromatic N) is 2. The molecule has 150 valence electrons. The molecular weight excluding hydrogens is 373 g/mol. The van der Waals surface area contributed by atoms with Crippen molar-refractivity contribution in [2.24, 2.45) is 0 Å². The third-order valence-corrected chi connectivity index (χ3v) is 5.74. The molecular formula is C24H23F3N2. The largest absolute Gasteiger partial charge is 0.416 e. The summed E-state index contributed by atoms with van der Waals surface area (Å²) in [5.74, 6) is 0.550. The van der Waals surface area contributed by atoms with Gasteiger partial charge in [0, 0.05) is 18.5 Å². The predicted octanol–water partition coefficient (Wildman–Crippen LogP) is 6.53. The van der Waals surface area contributed by atoms with E-state index in [-0.39, 0.29) is 24.8 Å². The van der Waals surface area contributed by atoms with Crippen LogP contribution in [-0.2, 0) is 12.6 Å². The van der Waals surface area contributed by atoms with Crippen molar-refractivity contribution in [1.82, 2.24) is 9.97 Å². The van der Waals surface area contributed by atoms with Crippen molar-refractivity contribution in [1.29, 1.82) is 0 Å². The molecule has 1 aliphatic rings. The van der Waals surface area contributed by atoms with Crippen LogP contribution in [0.2, 0.25) is 0 Å². The first-order valence-electron chi connectivity index (χ1n) is 10.9. The van der Waals surface area contributed by atoms with E-state index in [0.29, 0.717) is 22.7 Å². The summed E-state index contributed by atoms with van der Waals surface area (Å²) in [6, 6.07) is 15.5. The van der Waals surface area contributed by atoms with E-state index in [4.69, 9.17) is 2.74 Å². The van der Waals surface area contributed by atoms with Crippen molar-refractivity contribution in [3.63, 3.8) is 0 Å². The smallest absolute Gasteiger partial charge is 0.245 e. The molecule has 0 aliphatic heterocycles. The molecule has 0 atom stereocenters. The number of hydrogen-bond donors (Lipinski definition) is 0. The van der Waals surface area contributed by atoms with Gasteiger partial charge in [-0.15, -0.1) is 0 Å². The molecule has 1 heterocycles. The van der Waals surface area contributed by atoms with Crippen LogP contribution in [0.5, 0.6) is 0 Å². The Morgan fingerprint density at radius 1 is 0.931 bits per heavy atom. The summed E-state index contributed by atoms with van der Waals surface area (Å²) < 4.78 is 55.4. The second-order valence-electron chi connectivity index (χ2n) is 7.63. The van der Waals surface area contributed by atoms with E-state index in [2.05, 4.69) is 22.1 Å². The lowest BCUT2D eigenvalue weighted by atomic mass is 9.76. The minimum absolute atomic E-state index is 0.0717. The molecule has 0 saturated heterocycles. The Labute approximate surface area is 171 Å².